The van der Waals surface area contributed by atoms with E-state index in [1.165, 1.54) is 12.8 Å². The summed E-state index contributed by atoms with van der Waals surface area (Å²) in [5.41, 5.74) is 0.710. The van der Waals surface area contributed by atoms with Gasteiger partial charge in [-0.25, -0.2) is 0 Å². The SMILES string of the molecule is CCCN(CC1CC1)c1nc(Cl)nc2[nH]ncc12. The monoisotopic (exact) mass is 265 g/mol. The third-order valence-electron chi connectivity index (χ3n) is 3.23. The predicted molar refractivity (Wildman–Crippen MR) is 71.9 cm³/mol. The predicted octanol–water partition coefficient (Wildman–Crippen LogP) is 2.63. The highest BCUT2D eigenvalue weighted by atomic mass is 35.5. The Morgan fingerprint density at radius 1 is 1.44 bits per heavy atom. The molecule has 2 aromatic rings. The number of nitrogens with one attached hydrogen (secondary N) is 1. The number of H-pyrrole nitrogens is 1. The van der Waals surface area contributed by atoms with Gasteiger partial charge in [-0.3, -0.25) is 5.10 Å². The molecule has 0 aromatic carbocycles. The van der Waals surface area contributed by atoms with Gasteiger partial charge in [0.15, 0.2) is 5.65 Å². The van der Waals surface area contributed by atoms with Gasteiger partial charge in [-0.15, -0.1) is 0 Å². The van der Waals surface area contributed by atoms with Gasteiger partial charge in [-0.1, -0.05) is 6.92 Å². The average Bonchev–Trinajstić information content (AvgIpc) is 3.03. The van der Waals surface area contributed by atoms with E-state index < -0.39 is 0 Å². The molecule has 1 aliphatic carbocycles. The van der Waals surface area contributed by atoms with Gasteiger partial charge in [0.05, 0.1) is 11.6 Å². The lowest BCUT2D eigenvalue weighted by Gasteiger charge is -2.23. The second-order valence-electron chi connectivity index (χ2n) is 4.84. The number of aromatic nitrogens is 4. The first kappa shape index (κ1) is 11.7. The van der Waals surface area contributed by atoms with E-state index in [0.29, 0.717) is 5.65 Å². The van der Waals surface area contributed by atoms with Crippen molar-refractivity contribution in [2.75, 3.05) is 18.0 Å². The van der Waals surface area contributed by atoms with Crippen LogP contribution in [0.4, 0.5) is 5.82 Å². The van der Waals surface area contributed by atoms with Crippen molar-refractivity contribution in [3.05, 3.63) is 11.5 Å². The first-order valence-corrected chi connectivity index (χ1v) is 6.77. The summed E-state index contributed by atoms with van der Waals surface area (Å²) in [7, 11) is 0. The smallest absolute Gasteiger partial charge is 0.226 e. The minimum absolute atomic E-state index is 0.277. The first-order chi connectivity index (χ1) is 8.78. The maximum absolute atomic E-state index is 5.98. The number of nitrogens with zero attached hydrogens (tertiary/aromatic N) is 4. The van der Waals surface area contributed by atoms with Crippen LogP contribution in [-0.2, 0) is 0 Å². The van der Waals surface area contributed by atoms with Crippen LogP contribution in [0.15, 0.2) is 6.20 Å². The van der Waals surface area contributed by atoms with Crippen LogP contribution in [0, 0.1) is 5.92 Å². The van der Waals surface area contributed by atoms with Gasteiger partial charge in [0, 0.05) is 13.1 Å². The number of aromatic amines is 1. The van der Waals surface area contributed by atoms with Crippen molar-refractivity contribution in [3.8, 4) is 0 Å². The fraction of sp³-hybridized carbons (Fsp3) is 0.583. The van der Waals surface area contributed by atoms with Gasteiger partial charge in [-0.05, 0) is 36.8 Å². The standard InChI is InChI=1S/C12H16ClN5/c1-2-5-18(7-8-3-4-8)11-9-6-14-17-10(9)15-12(13)16-11/h6,8H,2-5,7H2,1H3,(H,14,15,16,17). The van der Waals surface area contributed by atoms with Crippen LogP contribution < -0.4 is 4.90 Å². The van der Waals surface area contributed by atoms with Crippen molar-refractivity contribution in [1.29, 1.82) is 0 Å². The number of hydrogen-bond donors (Lipinski definition) is 1. The highest BCUT2D eigenvalue weighted by Gasteiger charge is 2.26. The van der Waals surface area contributed by atoms with Crippen LogP contribution in [0.3, 0.4) is 0 Å². The Bertz CT molecular complexity index is 548. The fourth-order valence-electron chi connectivity index (χ4n) is 2.20. The summed E-state index contributed by atoms with van der Waals surface area (Å²) in [5, 5.41) is 8.11. The molecule has 96 valence electrons. The summed E-state index contributed by atoms with van der Waals surface area (Å²) in [4.78, 5) is 10.8. The van der Waals surface area contributed by atoms with Crippen LogP contribution in [0.25, 0.3) is 11.0 Å². The lowest BCUT2D eigenvalue weighted by Crippen LogP contribution is -2.27. The molecular formula is C12H16ClN5. The Hall–Kier alpha value is -1.36. The summed E-state index contributed by atoms with van der Waals surface area (Å²) in [5.74, 6) is 1.72. The molecule has 3 rings (SSSR count). The molecule has 0 saturated heterocycles. The normalized spacial score (nSPS) is 15.2. The second-order valence-corrected chi connectivity index (χ2v) is 5.18. The summed E-state index contributed by atoms with van der Waals surface area (Å²) >= 11 is 5.98. The highest BCUT2D eigenvalue weighted by Crippen LogP contribution is 2.33. The van der Waals surface area contributed by atoms with Gasteiger partial charge >= 0.3 is 0 Å². The molecule has 0 amide bonds. The van der Waals surface area contributed by atoms with Gasteiger partial charge in [0.1, 0.15) is 5.82 Å². The molecule has 1 aliphatic rings. The molecule has 0 unspecified atom stereocenters. The van der Waals surface area contributed by atoms with Gasteiger partial charge < -0.3 is 4.90 Å². The molecule has 0 atom stereocenters. The van der Waals surface area contributed by atoms with Crippen molar-refractivity contribution >= 4 is 28.5 Å². The molecule has 0 radical (unpaired) electrons. The first-order valence-electron chi connectivity index (χ1n) is 6.39. The Labute approximate surface area is 111 Å². The molecule has 2 heterocycles. The molecule has 2 aromatic heterocycles. The molecule has 0 spiro atoms. The van der Waals surface area contributed by atoms with E-state index in [1.807, 2.05) is 0 Å². The Balaban J connectivity index is 2.00. The maximum Gasteiger partial charge on any atom is 0.226 e. The van der Waals surface area contributed by atoms with E-state index in [1.54, 1.807) is 6.20 Å². The third kappa shape index (κ3) is 2.27. The topological polar surface area (TPSA) is 57.7 Å². The number of halogens is 1. The minimum Gasteiger partial charge on any atom is -0.356 e. The number of hydrogen-bond acceptors (Lipinski definition) is 4. The summed E-state index contributed by atoms with van der Waals surface area (Å²) < 4.78 is 0. The molecular weight excluding hydrogens is 250 g/mol. The summed E-state index contributed by atoms with van der Waals surface area (Å²) in [6.45, 7) is 4.22. The highest BCUT2D eigenvalue weighted by molar-refractivity contribution is 6.28. The van der Waals surface area contributed by atoms with E-state index in [9.17, 15) is 0 Å². The minimum atomic E-state index is 0.277. The summed E-state index contributed by atoms with van der Waals surface area (Å²) in [6, 6.07) is 0. The maximum atomic E-state index is 5.98. The van der Waals surface area contributed by atoms with E-state index in [0.717, 1.165) is 36.6 Å². The zero-order chi connectivity index (χ0) is 12.5. The van der Waals surface area contributed by atoms with Crippen LogP contribution >= 0.6 is 11.6 Å². The number of fused-ring (bicyclic) bond motifs is 1. The Morgan fingerprint density at radius 3 is 3.00 bits per heavy atom. The fourth-order valence-corrected chi connectivity index (χ4v) is 2.36. The number of anilines is 1. The van der Waals surface area contributed by atoms with Crippen LogP contribution in [-0.4, -0.2) is 33.3 Å². The molecule has 6 heteroatoms. The van der Waals surface area contributed by atoms with E-state index in [-0.39, 0.29) is 5.28 Å². The van der Waals surface area contributed by atoms with Gasteiger partial charge in [-0.2, -0.15) is 15.1 Å². The average molecular weight is 266 g/mol. The molecule has 1 N–H and O–H groups in total. The zero-order valence-corrected chi connectivity index (χ0v) is 11.1. The molecule has 0 bridgehead atoms. The summed E-state index contributed by atoms with van der Waals surface area (Å²) in [6.07, 6.45) is 5.52. The van der Waals surface area contributed by atoms with E-state index >= 15 is 0 Å². The van der Waals surface area contributed by atoms with Crippen molar-refractivity contribution in [1.82, 2.24) is 20.2 Å². The van der Waals surface area contributed by atoms with Crippen molar-refractivity contribution in [3.63, 3.8) is 0 Å². The lowest BCUT2D eigenvalue weighted by atomic mass is 10.3. The largest absolute Gasteiger partial charge is 0.356 e. The quantitative estimate of drug-likeness (QED) is 0.845. The Morgan fingerprint density at radius 2 is 2.28 bits per heavy atom. The number of rotatable bonds is 5. The zero-order valence-electron chi connectivity index (χ0n) is 10.4. The van der Waals surface area contributed by atoms with Gasteiger partial charge in [0.2, 0.25) is 5.28 Å². The molecule has 5 nitrogen and oxygen atoms in total. The second kappa shape index (κ2) is 4.72. The molecule has 1 saturated carbocycles. The van der Waals surface area contributed by atoms with Crippen molar-refractivity contribution in [2.45, 2.75) is 26.2 Å². The van der Waals surface area contributed by atoms with Crippen molar-refractivity contribution < 1.29 is 0 Å². The molecule has 1 fully saturated rings. The Kier molecular flexibility index (Phi) is 3.07. The van der Waals surface area contributed by atoms with Crippen molar-refractivity contribution in [2.24, 2.45) is 5.92 Å². The lowest BCUT2D eigenvalue weighted by molar-refractivity contribution is 0.701. The molecule has 18 heavy (non-hydrogen) atoms. The van der Waals surface area contributed by atoms with Gasteiger partial charge in [0.25, 0.3) is 0 Å². The van der Waals surface area contributed by atoms with E-state index in [2.05, 4.69) is 32.0 Å². The van der Waals surface area contributed by atoms with Crippen LogP contribution in [0.2, 0.25) is 5.28 Å². The molecule has 0 aliphatic heterocycles. The third-order valence-corrected chi connectivity index (χ3v) is 3.40. The van der Waals surface area contributed by atoms with Crippen LogP contribution in [0.5, 0.6) is 0 Å². The van der Waals surface area contributed by atoms with E-state index in [4.69, 9.17) is 11.6 Å². The van der Waals surface area contributed by atoms with Crippen LogP contribution in [0.1, 0.15) is 26.2 Å².